The number of aromatic nitrogens is 7. The first-order valence-corrected chi connectivity index (χ1v) is 14.7. The molecule has 5 aromatic rings. The summed E-state index contributed by atoms with van der Waals surface area (Å²) in [5.41, 5.74) is 26.9. The quantitative estimate of drug-likeness (QED) is 0.102. The molecule has 0 fully saturated rings. The number of fused-ring (bicyclic) bond motifs is 2. The maximum Gasteiger partial charge on any atom is 0.183 e. The number of anilines is 6. The Morgan fingerprint density at radius 1 is 0.712 bits per heavy atom. The van der Waals surface area contributed by atoms with Gasteiger partial charge in [-0.1, -0.05) is 0 Å². The number of rotatable bonds is 4. The van der Waals surface area contributed by atoms with E-state index in [1.807, 2.05) is 95.6 Å². The van der Waals surface area contributed by atoms with Crippen molar-refractivity contribution in [3.63, 3.8) is 0 Å². The van der Waals surface area contributed by atoms with Crippen LogP contribution in [-0.2, 0) is 0 Å². The Morgan fingerprint density at radius 3 is 1.77 bits per heavy atom. The van der Waals surface area contributed by atoms with Gasteiger partial charge in [0, 0.05) is 68.8 Å². The average molecular weight is 762 g/mol. The van der Waals surface area contributed by atoms with Gasteiger partial charge in [-0.05, 0) is 24.3 Å². The fourth-order valence-electron chi connectivity index (χ4n) is 4.23. The van der Waals surface area contributed by atoms with Crippen molar-refractivity contribution in [1.82, 2.24) is 39.1 Å². The highest BCUT2D eigenvalue weighted by Gasteiger charge is 2.19. The Balaban J connectivity index is 0.000000410. The number of nitrogen functional groups attached to an aromatic ring is 3. The van der Waals surface area contributed by atoms with E-state index >= 15 is 0 Å². The van der Waals surface area contributed by atoms with Gasteiger partial charge in [-0.25, -0.2) is 34.0 Å². The molecule has 11 N–H and O–H groups in total. The van der Waals surface area contributed by atoms with E-state index in [9.17, 15) is 0 Å². The molecule has 282 valence electrons. The first kappa shape index (κ1) is 44.1. The molecule has 52 heavy (non-hydrogen) atoms. The van der Waals surface area contributed by atoms with Crippen LogP contribution < -0.4 is 37.6 Å². The maximum absolute atomic E-state index is 8.06. The lowest BCUT2D eigenvalue weighted by Crippen LogP contribution is -2.33. The lowest BCUT2D eigenvalue weighted by molar-refractivity contribution is -0.176. The van der Waals surface area contributed by atoms with Crippen molar-refractivity contribution in [2.24, 2.45) is 15.7 Å². The summed E-state index contributed by atoms with van der Waals surface area (Å²) in [6, 6.07) is 5.45. The summed E-state index contributed by atoms with van der Waals surface area (Å²) >= 11 is 0. The summed E-state index contributed by atoms with van der Waals surface area (Å²) in [5, 5.41) is 28.3. The van der Waals surface area contributed by atoms with E-state index < -0.39 is 0 Å². The number of amidine groups is 2. The van der Waals surface area contributed by atoms with E-state index in [0.717, 1.165) is 17.5 Å². The molecule has 1 aliphatic rings. The molecule has 0 spiro atoms. The second-order valence-electron chi connectivity index (χ2n) is 11.4. The SMILES string of the molecule is CN(C)C1=NC(=Nc2cnn3ccc(N(C)C)nc23)C(=N)C=C1N.CN(C)c1ccn2ncc(N)c2n1.CN(C)c1ncc(N)cc1N.Cl.Cl.OO. The molecule has 0 atom stereocenters. The highest BCUT2D eigenvalue weighted by molar-refractivity contribution is 6.49. The molecule has 5 aromatic heterocycles. The first-order chi connectivity index (χ1) is 23.7. The molecule has 0 radical (unpaired) electrons. The van der Waals surface area contributed by atoms with E-state index in [2.05, 4.69) is 35.1 Å². The zero-order chi connectivity index (χ0) is 37.3. The van der Waals surface area contributed by atoms with Gasteiger partial charge in [0.2, 0.25) is 0 Å². The number of aliphatic imine (C=N–C) groups is 2. The molecule has 0 aromatic carbocycles. The van der Waals surface area contributed by atoms with Gasteiger partial charge in [-0.3, -0.25) is 15.9 Å². The average Bonchev–Trinajstić information content (AvgIpc) is 3.65. The van der Waals surface area contributed by atoms with Crippen molar-refractivity contribution < 1.29 is 10.5 Å². The number of hydrogen-bond acceptors (Lipinski definition) is 17. The highest BCUT2D eigenvalue weighted by atomic mass is 35.5. The Kier molecular flexibility index (Phi) is 16.5. The third kappa shape index (κ3) is 10.8. The normalized spacial score (nSPS) is 12.3. The molecule has 22 heteroatoms. The minimum absolute atomic E-state index is 0. The topological polar surface area (TPSA) is 279 Å². The summed E-state index contributed by atoms with van der Waals surface area (Å²) in [6.07, 6.45) is 10.0. The van der Waals surface area contributed by atoms with Crippen LogP contribution >= 0.6 is 24.8 Å². The Morgan fingerprint density at radius 2 is 1.25 bits per heavy atom. The molecule has 0 saturated carbocycles. The smallest absolute Gasteiger partial charge is 0.183 e. The standard InChI is InChI=1S/C15H19N9.C8H11N5.C7H12N4.2ClH.H2O2/c1-22(2)12-5-6-24-15(20-12)11(8-18-24)19-13-9(16)7-10(17)14(21-13)23(3)4;1-12(2)7-3-4-13-8(11-7)6(9)5-10-13;1-11(2)7-6(9)3-5(8)4-10-7;;;1-2/h5-8,16H,17H2,1-4H3;3-5H,9H2,1-2H3;3-4H,8-9H2,1-2H3;2*1H;1-2H. The maximum atomic E-state index is 8.06. The van der Waals surface area contributed by atoms with Gasteiger partial charge in [-0.15, -0.1) is 24.8 Å². The molecule has 0 unspecified atom stereocenters. The second-order valence-corrected chi connectivity index (χ2v) is 11.4. The number of nitrogens with one attached hydrogen (secondary N) is 1. The number of hydrogen-bond donors (Lipinski definition) is 7. The Labute approximate surface area is 313 Å². The van der Waals surface area contributed by atoms with Gasteiger partial charge < -0.3 is 42.5 Å². The van der Waals surface area contributed by atoms with Crippen LogP contribution in [0.1, 0.15) is 0 Å². The largest absolute Gasteiger partial charge is 0.397 e. The summed E-state index contributed by atoms with van der Waals surface area (Å²) in [6.45, 7) is 0. The fraction of sp³-hybridized carbons (Fsp3) is 0.267. The van der Waals surface area contributed by atoms with E-state index in [1.165, 1.54) is 0 Å². The van der Waals surface area contributed by atoms with Crippen LogP contribution in [0.5, 0.6) is 0 Å². The number of nitrogens with two attached hydrogens (primary N) is 4. The molecule has 6 heterocycles. The van der Waals surface area contributed by atoms with Crippen LogP contribution in [0, 0.1) is 5.41 Å². The van der Waals surface area contributed by atoms with Crippen LogP contribution in [0.2, 0.25) is 0 Å². The first-order valence-electron chi connectivity index (χ1n) is 14.7. The Bertz CT molecular complexity index is 2040. The summed E-state index contributed by atoms with van der Waals surface area (Å²) < 4.78 is 3.29. The van der Waals surface area contributed by atoms with Crippen molar-refractivity contribution >= 4 is 93.7 Å². The monoisotopic (exact) mass is 760 g/mol. The van der Waals surface area contributed by atoms with Crippen molar-refractivity contribution in [3.8, 4) is 0 Å². The predicted molar refractivity (Wildman–Crippen MR) is 214 cm³/mol. The number of likely N-dealkylation sites (N-methyl/N-ethyl adjacent to an activating group) is 1. The van der Waals surface area contributed by atoms with Crippen LogP contribution in [0.15, 0.2) is 70.9 Å². The van der Waals surface area contributed by atoms with E-state index in [0.29, 0.717) is 45.6 Å². The van der Waals surface area contributed by atoms with Gasteiger partial charge in [0.05, 0.1) is 41.3 Å². The van der Waals surface area contributed by atoms with Crippen LogP contribution in [0.3, 0.4) is 0 Å². The zero-order valence-corrected chi connectivity index (χ0v) is 31.7. The zero-order valence-electron chi connectivity index (χ0n) is 30.0. The van der Waals surface area contributed by atoms with Crippen molar-refractivity contribution in [1.29, 1.82) is 5.41 Å². The third-order valence-electron chi connectivity index (χ3n) is 6.63. The van der Waals surface area contributed by atoms with Gasteiger partial charge in [0.15, 0.2) is 28.8 Å². The lowest BCUT2D eigenvalue weighted by atomic mass is 10.2. The molecular formula is C30H46Cl2N18O2. The van der Waals surface area contributed by atoms with Gasteiger partial charge in [0.25, 0.3) is 0 Å². The predicted octanol–water partition coefficient (Wildman–Crippen LogP) is 2.21. The second kappa shape index (κ2) is 19.4. The number of dihydropyridines is 1. The van der Waals surface area contributed by atoms with Crippen LogP contribution in [0.25, 0.3) is 11.3 Å². The van der Waals surface area contributed by atoms with Crippen molar-refractivity contribution in [2.45, 2.75) is 0 Å². The molecule has 6 rings (SSSR count). The van der Waals surface area contributed by atoms with E-state index in [-0.39, 0.29) is 36.4 Å². The molecule has 0 saturated heterocycles. The number of pyridine rings is 1. The van der Waals surface area contributed by atoms with E-state index in [1.54, 1.807) is 44.7 Å². The van der Waals surface area contributed by atoms with Crippen LogP contribution in [-0.4, -0.2) is 123 Å². The number of halogens is 2. The summed E-state index contributed by atoms with van der Waals surface area (Å²) in [5.74, 6) is 3.27. The minimum Gasteiger partial charge on any atom is -0.397 e. The minimum atomic E-state index is 0. The summed E-state index contributed by atoms with van der Waals surface area (Å²) in [4.78, 5) is 29.2. The fourth-order valence-corrected chi connectivity index (χ4v) is 4.23. The molecular weight excluding hydrogens is 715 g/mol. The van der Waals surface area contributed by atoms with Crippen molar-refractivity contribution in [2.75, 3.05) is 88.3 Å². The van der Waals surface area contributed by atoms with Gasteiger partial charge >= 0.3 is 0 Å². The lowest BCUT2D eigenvalue weighted by Gasteiger charge is -2.19. The van der Waals surface area contributed by atoms with E-state index in [4.69, 9.17) is 38.9 Å². The highest BCUT2D eigenvalue weighted by Crippen LogP contribution is 2.22. The van der Waals surface area contributed by atoms with Gasteiger partial charge in [-0.2, -0.15) is 10.2 Å². The molecule has 1 aliphatic heterocycles. The molecule has 20 nitrogen and oxygen atoms in total. The Hall–Kier alpha value is -5.96. The van der Waals surface area contributed by atoms with Gasteiger partial charge in [0.1, 0.15) is 23.0 Å². The number of nitrogens with zero attached hydrogens (tertiary/aromatic N) is 13. The van der Waals surface area contributed by atoms with Crippen LogP contribution in [0.4, 0.5) is 40.2 Å². The van der Waals surface area contributed by atoms with Crippen molar-refractivity contribution in [3.05, 3.63) is 61.0 Å². The summed E-state index contributed by atoms with van der Waals surface area (Å²) in [7, 11) is 15.1. The molecule has 0 amide bonds. The molecule has 0 bridgehead atoms. The third-order valence-corrected chi connectivity index (χ3v) is 6.63. The molecule has 0 aliphatic carbocycles.